The van der Waals surface area contributed by atoms with Crippen molar-refractivity contribution in [3.63, 3.8) is 0 Å². The highest BCUT2D eigenvalue weighted by Gasteiger charge is 2.21. The summed E-state index contributed by atoms with van der Waals surface area (Å²) in [5, 5.41) is 4.63. The number of aromatic nitrogens is 1. The van der Waals surface area contributed by atoms with Gasteiger partial charge in [-0.3, -0.25) is 9.78 Å². The summed E-state index contributed by atoms with van der Waals surface area (Å²) in [6.07, 6.45) is 5.35. The topological polar surface area (TPSA) is 54.5 Å². The van der Waals surface area contributed by atoms with Gasteiger partial charge in [0.1, 0.15) is 0 Å². The molecule has 0 spiro atoms. The minimum absolute atomic E-state index is 0.0937. The first kappa shape index (κ1) is 17.9. The van der Waals surface area contributed by atoms with Crippen molar-refractivity contribution in [2.75, 3.05) is 37.7 Å². The molecule has 3 rings (SSSR count). The molecule has 5 nitrogen and oxygen atoms in total. The number of halogens is 1. The number of carbonyl (C=O) groups is 1. The van der Waals surface area contributed by atoms with E-state index in [0.29, 0.717) is 29.7 Å². The second kappa shape index (κ2) is 8.47. The van der Waals surface area contributed by atoms with Gasteiger partial charge in [-0.15, -0.1) is 11.3 Å². The number of thiophene rings is 1. The molecule has 7 heteroatoms. The predicted octanol–water partition coefficient (Wildman–Crippen LogP) is 3.52. The van der Waals surface area contributed by atoms with Crippen molar-refractivity contribution >= 4 is 33.8 Å². The zero-order chi connectivity index (χ0) is 17.6. The van der Waals surface area contributed by atoms with Gasteiger partial charge in [0, 0.05) is 48.2 Å². The van der Waals surface area contributed by atoms with E-state index in [1.807, 2.05) is 24.4 Å². The van der Waals surface area contributed by atoms with Gasteiger partial charge in [0.25, 0.3) is 5.91 Å². The zero-order valence-electron chi connectivity index (χ0n) is 14.0. The maximum absolute atomic E-state index is 12.5. The quantitative estimate of drug-likeness (QED) is 0.866. The van der Waals surface area contributed by atoms with Crippen molar-refractivity contribution in [1.82, 2.24) is 10.3 Å². The zero-order valence-corrected chi connectivity index (χ0v) is 15.6. The van der Waals surface area contributed by atoms with E-state index in [2.05, 4.69) is 15.2 Å². The Morgan fingerprint density at radius 1 is 1.48 bits per heavy atom. The molecule has 1 aliphatic rings. The van der Waals surface area contributed by atoms with Crippen LogP contribution in [0.4, 0.5) is 5.00 Å². The third-order valence-electron chi connectivity index (χ3n) is 3.85. The number of ether oxygens (including phenoxy) is 1. The van der Waals surface area contributed by atoms with E-state index < -0.39 is 0 Å². The Kier molecular flexibility index (Phi) is 6.07. The standard InChI is InChI=1S/C18H20ClN3O2S/c1-13(19)4-6-21-17(23)16-11-15(14-3-2-5-20-12-14)18(25-16)22-7-9-24-10-8-22/h2-5,11-12H,6-10H2,1H3,(H,21,23)/b13-4-. The highest BCUT2D eigenvalue weighted by atomic mass is 35.5. The van der Waals surface area contributed by atoms with E-state index >= 15 is 0 Å². The monoisotopic (exact) mass is 377 g/mol. The van der Waals surface area contributed by atoms with Crippen LogP contribution in [0.2, 0.25) is 0 Å². The van der Waals surface area contributed by atoms with Crippen LogP contribution in [-0.4, -0.2) is 43.7 Å². The van der Waals surface area contributed by atoms with Crippen LogP contribution in [0.25, 0.3) is 11.1 Å². The Labute approximate surface area is 156 Å². The molecule has 0 radical (unpaired) electrons. The summed E-state index contributed by atoms with van der Waals surface area (Å²) in [7, 11) is 0. The summed E-state index contributed by atoms with van der Waals surface area (Å²) in [4.78, 5) is 19.6. The Morgan fingerprint density at radius 3 is 2.96 bits per heavy atom. The summed E-state index contributed by atoms with van der Waals surface area (Å²) in [5.74, 6) is -0.0937. The number of carbonyl (C=O) groups excluding carboxylic acids is 1. The molecule has 0 unspecified atom stereocenters. The van der Waals surface area contributed by atoms with E-state index in [0.717, 1.165) is 29.2 Å². The lowest BCUT2D eigenvalue weighted by Gasteiger charge is -2.28. The van der Waals surface area contributed by atoms with Gasteiger partial charge in [0.2, 0.25) is 0 Å². The first-order chi connectivity index (χ1) is 12.1. The third-order valence-corrected chi connectivity index (χ3v) is 5.20. The van der Waals surface area contributed by atoms with Crippen molar-refractivity contribution in [3.8, 4) is 11.1 Å². The summed E-state index contributed by atoms with van der Waals surface area (Å²) in [5.41, 5.74) is 2.05. The number of amides is 1. The molecular formula is C18H20ClN3O2S. The largest absolute Gasteiger partial charge is 0.378 e. The van der Waals surface area contributed by atoms with E-state index in [9.17, 15) is 4.79 Å². The number of pyridine rings is 1. The van der Waals surface area contributed by atoms with Crippen LogP contribution in [0.1, 0.15) is 16.6 Å². The molecule has 1 saturated heterocycles. The Morgan fingerprint density at radius 2 is 2.28 bits per heavy atom. The Balaban J connectivity index is 1.88. The van der Waals surface area contributed by atoms with Gasteiger partial charge in [-0.05, 0) is 19.1 Å². The van der Waals surface area contributed by atoms with Gasteiger partial charge in [-0.1, -0.05) is 23.7 Å². The average molecular weight is 378 g/mol. The second-order valence-corrected chi connectivity index (χ2v) is 7.30. The molecule has 0 atom stereocenters. The van der Waals surface area contributed by atoms with E-state index in [4.69, 9.17) is 16.3 Å². The number of morpholine rings is 1. The molecule has 1 N–H and O–H groups in total. The molecule has 25 heavy (non-hydrogen) atoms. The van der Waals surface area contributed by atoms with Crippen LogP contribution >= 0.6 is 22.9 Å². The lowest BCUT2D eigenvalue weighted by Crippen LogP contribution is -2.35. The summed E-state index contributed by atoms with van der Waals surface area (Å²) in [6.45, 7) is 5.25. The molecule has 0 aliphatic carbocycles. The molecule has 0 bridgehead atoms. The van der Waals surface area contributed by atoms with Gasteiger partial charge in [-0.25, -0.2) is 0 Å². The van der Waals surface area contributed by atoms with Crippen molar-refractivity contribution in [2.45, 2.75) is 6.92 Å². The van der Waals surface area contributed by atoms with Crippen LogP contribution < -0.4 is 10.2 Å². The van der Waals surface area contributed by atoms with Gasteiger partial charge >= 0.3 is 0 Å². The fourth-order valence-corrected chi connectivity index (χ4v) is 3.82. The lowest BCUT2D eigenvalue weighted by atomic mass is 10.1. The molecule has 0 saturated carbocycles. The Bertz CT molecular complexity index is 751. The number of rotatable bonds is 5. The molecular weight excluding hydrogens is 358 g/mol. The van der Waals surface area contributed by atoms with Crippen LogP contribution in [0.5, 0.6) is 0 Å². The minimum Gasteiger partial charge on any atom is -0.378 e. The van der Waals surface area contributed by atoms with Gasteiger partial charge in [0.05, 0.1) is 23.1 Å². The Hall–Kier alpha value is -1.89. The minimum atomic E-state index is -0.0937. The first-order valence-electron chi connectivity index (χ1n) is 8.12. The summed E-state index contributed by atoms with van der Waals surface area (Å²) < 4.78 is 5.45. The maximum Gasteiger partial charge on any atom is 0.261 e. The molecule has 2 aromatic heterocycles. The number of hydrogen-bond donors (Lipinski definition) is 1. The molecule has 1 fully saturated rings. The lowest BCUT2D eigenvalue weighted by molar-refractivity contribution is 0.0962. The smallest absolute Gasteiger partial charge is 0.261 e. The third kappa shape index (κ3) is 4.60. The first-order valence-corrected chi connectivity index (χ1v) is 9.32. The molecule has 2 aromatic rings. The number of hydrogen-bond acceptors (Lipinski definition) is 5. The fraction of sp³-hybridized carbons (Fsp3) is 0.333. The van der Waals surface area contributed by atoms with E-state index in [1.54, 1.807) is 19.2 Å². The molecule has 0 aromatic carbocycles. The molecule has 3 heterocycles. The number of allylic oxidation sites excluding steroid dienone is 1. The van der Waals surface area contributed by atoms with Crippen molar-refractivity contribution in [1.29, 1.82) is 0 Å². The number of nitrogens with zero attached hydrogens (tertiary/aromatic N) is 2. The van der Waals surface area contributed by atoms with Crippen LogP contribution in [0, 0.1) is 0 Å². The highest BCUT2D eigenvalue weighted by molar-refractivity contribution is 7.18. The predicted molar refractivity (Wildman–Crippen MR) is 103 cm³/mol. The maximum atomic E-state index is 12.5. The van der Waals surface area contributed by atoms with Crippen molar-refractivity contribution in [3.05, 3.63) is 46.6 Å². The van der Waals surface area contributed by atoms with Crippen molar-refractivity contribution < 1.29 is 9.53 Å². The van der Waals surface area contributed by atoms with E-state index in [-0.39, 0.29) is 5.91 Å². The van der Waals surface area contributed by atoms with Crippen LogP contribution in [0.3, 0.4) is 0 Å². The van der Waals surface area contributed by atoms with E-state index in [1.165, 1.54) is 11.3 Å². The van der Waals surface area contributed by atoms with Crippen molar-refractivity contribution in [2.24, 2.45) is 0 Å². The normalized spacial score (nSPS) is 15.3. The fourth-order valence-electron chi connectivity index (χ4n) is 2.60. The SMILES string of the molecule is C/C(Cl)=C/CNC(=O)c1cc(-c2cccnc2)c(N2CCOCC2)s1. The number of nitrogens with one attached hydrogen (secondary N) is 1. The molecule has 1 aliphatic heterocycles. The number of anilines is 1. The molecule has 1 amide bonds. The second-order valence-electron chi connectivity index (χ2n) is 5.67. The van der Waals surface area contributed by atoms with Crippen LogP contribution in [0.15, 0.2) is 41.7 Å². The summed E-state index contributed by atoms with van der Waals surface area (Å²) in [6, 6.07) is 5.86. The van der Waals surface area contributed by atoms with Crippen LogP contribution in [-0.2, 0) is 4.74 Å². The average Bonchev–Trinajstić information content (AvgIpc) is 3.08. The summed E-state index contributed by atoms with van der Waals surface area (Å²) >= 11 is 7.31. The highest BCUT2D eigenvalue weighted by Crippen LogP contribution is 2.39. The molecule has 132 valence electrons. The van der Waals surface area contributed by atoms with Gasteiger partial charge < -0.3 is 15.0 Å². The van der Waals surface area contributed by atoms with Gasteiger partial charge in [0.15, 0.2) is 0 Å². The van der Waals surface area contributed by atoms with Gasteiger partial charge in [-0.2, -0.15) is 0 Å².